The first kappa shape index (κ1) is 18.2. The van der Waals surface area contributed by atoms with Gasteiger partial charge in [-0.3, -0.25) is 4.98 Å². The lowest BCUT2D eigenvalue weighted by Crippen LogP contribution is -2.13. The fraction of sp³-hybridized carbons (Fsp3) is 0.435. The van der Waals surface area contributed by atoms with Gasteiger partial charge in [0.05, 0.1) is 5.69 Å². The molecule has 1 fully saturated rings. The van der Waals surface area contributed by atoms with Crippen LogP contribution in [0.1, 0.15) is 51.0 Å². The quantitative estimate of drug-likeness (QED) is 0.504. The Hall–Kier alpha value is -1.60. The summed E-state index contributed by atoms with van der Waals surface area (Å²) in [6, 6.07) is 12.2. The minimum absolute atomic E-state index is 0.764. The van der Waals surface area contributed by atoms with E-state index in [0.717, 1.165) is 34.5 Å². The standard InChI is InChI=1S/C23H28ClN/c1-2-3-4-18-5-7-19(8-6-18)9-10-20-11-16-23(25-17-20)21-12-14-22(24)15-13-21/h3-4,11-19H,2,5-10H2,1H3/b4-3+. The van der Waals surface area contributed by atoms with Crippen LogP contribution in [0.25, 0.3) is 11.3 Å². The molecule has 0 radical (unpaired) electrons. The Morgan fingerprint density at radius 3 is 2.44 bits per heavy atom. The number of halogens is 1. The second kappa shape index (κ2) is 9.20. The third-order valence-corrected chi connectivity index (χ3v) is 5.59. The minimum Gasteiger partial charge on any atom is -0.256 e. The van der Waals surface area contributed by atoms with Crippen LogP contribution < -0.4 is 0 Å². The summed E-state index contributed by atoms with van der Waals surface area (Å²) >= 11 is 5.95. The maximum absolute atomic E-state index is 5.95. The molecule has 0 N–H and O–H groups in total. The fourth-order valence-corrected chi connectivity index (χ4v) is 3.86. The average Bonchev–Trinajstić information content (AvgIpc) is 2.67. The Bertz CT molecular complexity index is 664. The number of rotatable bonds is 6. The van der Waals surface area contributed by atoms with Crippen LogP contribution in [0.2, 0.25) is 5.02 Å². The van der Waals surface area contributed by atoms with E-state index in [1.165, 1.54) is 44.1 Å². The summed E-state index contributed by atoms with van der Waals surface area (Å²) < 4.78 is 0. The topological polar surface area (TPSA) is 12.9 Å². The Labute approximate surface area is 157 Å². The molecule has 2 aromatic rings. The van der Waals surface area contributed by atoms with Crippen LogP contribution in [-0.4, -0.2) is 4.98 Å². The molecule has 2 heteroatoms. The van der Waals surface area contributed by atoms with Gasteiger partial charge < -0.3 is 0 Å². The van der Waals surface area contributed by atoms with Gasteiger partial charge in [-0.15, -0.1) is 0 Å². The predicted octanol–water partition coefficient (Wildman–Crippen LogP) is 7.11. The van der Waals surface area contributed by atoms with Crippen molar-refractivity contribution in [3.63, 3.8) is 0 Å². The molecule has 0 amide bonds. The van der Waals surface area contributed by atoms with Crippen LogP contribution in [0, 0.1) is 11.8 Å². The Kier molecular flexibility index (Phi) is 6.69. The largest absolute Gasteiger partial charge is 0.256 e. The number of nitrogens with zero attached hydrogens (tertiary/aromatic N) is 1. The fourth-order valence-electron chi connectivity index (χ4n) is 3.73. The van der Waals surface area contributed by atoms with Crippen molar-refractivity contribution in [2.24, 2.45) is 11.8 Å². The van der Waals surface area contributed by atoms with Gasteiger partial charge in [0.1, 0.15) is 0 Å². The van der Waals surface area contributed by atoms with E-state index < -0.39 is 0 Å². The Morgan fingerprint density at radius 1 is 1.04 bits per heavy atom. The zero-order chi connectivity index (χ0) is 17.5. The molecule has 0 atom stereocenters. The van der Waals surface area contributed by atoms with Crippen LogP contribution in [0.15, 0.2) is 54.7 Å². The molecule has 1 aliphatic rings. The molecular weight excluding hydrogens is 326 g/mol. The molecule has 0 bridgehead atoms. The smallest absolute Gasteiger partial charge is 0.0702 e. The van der Waals surface area contributed by atoms with Crippen molar-refractivity contribution >= 4 is 11.6 Å². The Morgan fingerprint density at radius 2 is 1.80 bits per heavy atom. The summed E-state index contributed by atoms with van der Waals surface area (Å²) in [4.78, 5) is 4.64. The van der Waals surface area contributed by atoms with Gasteiger partial charge in [0.15, 0.2) is 0 Å². The lowest BCUT2D eigenvalue weighted by molar-refractivity contribution is 0.296. The number of allylic oxidation sites excluding steroid dienone is 2. The summed E-state index contributed by atoms with van der Waals surface area (Å²) in [6.45, 7) is 2.22. The monoisotopic (exact) mass is 353 g/mol. The molecule has 0 spiro atoms. The molecule has 1 aromatic carbocycles. The molecule has 0 aliphatic heterocycles. The molecule has 132 valence electrons. The van der Waals surface area contributed by atoms with E-state index >= 15 is 0 Å². The first-order valence-electron chi connectivity index (χ1n) is 9.62. The van der Waals surface area contributed by atoms with E-state index in [4.69, 9.17) is 11.6 Å². The zero-order valence-corrected chi connectivity index (χ0v) is 15.9. The number of hydrogen-bond acceptors (Lipinski definition) is 1. The number of aromatic nitrogens is 1. The van der Waals surface area contributed by atoms with Crippen LogP contribution in [0.3, 0.4) is 0 Å². The summed E-state index contributed by atoms with van der Waals surface area (Å²) in [5, 5.41) is 0.764. The highest BCUT2D eigenvalue weighted by molar-refractivity contribution is 6.30. The lowest BCUT2D eigenvalue weighted by Gasteiger charge is -2.26. The molecule has 25 heavy (non-hydrogen) atoms. The summed E-state index contributed by atoms with van der Waals surface area (Å²) in [7, 11) is 0. The molecule has 1 aliphatic carbocycles. The molecule has 1 nitrogen and oxygen atoms in total. The molecule has 1 heterocycles. The number of benzene rings is 1. The van der Waals surface area contributed by atoms with Gasteiger partial charge in [-0.2, -0.15) is 0 Å². The van der Waals surface area contributed by atoms with E-state index in [0.29, 0.717) is 0 Å². The summed E-state index contributed by atoms with van der Waals surface area (Å²) in [5.41, 5.74) is 3.49. The highest BCUT2D eigenvalue weighted by Gasteiger charge is 2.19. The van der Waals surface area contributed by atoms with Gasteiger partial charge in [-0.1, -0.05) is 48.9 Å². The highest BCUT2D eigenvalue weighted by Crippen LogP contribution is 2.32. The maximum atomic E-state index is 5.95. The summed E-state index contributed by atoms with van der Waals surface area (Å²) in [5.74, 6) is 1.72. The van der Waals surface area contributed by atoms with Gasteiger partial charge in [0, 0.05) is 16.8 Å². The minimum atomic E-state index is 0.764. The molecule has 0 unspecified atom stereocenters. The second-order valence-corrected chi connectivity index (χ2v) is 7.65. The molecular formula is C23H28ClN. The van der Waals surface area contributed by atoms with Crippen LogP contribution >= 0.6 is 11.6 Å². The van der Waals surface area contributed by atoms with Gasteiger partial charge in [-0.05, 0) is 80.5 Å². The van der Waals surface area contributed by atoms with E-state index in [-0.39, 0.29) is 0 Å². The number of aryl methyl sites for hydroxylation is 1. The number of hydrogen-bond donors (Lipinski definition) is 0. The maximum Gasteiger partial charge on any atom is 0.0702 e. The van der Waals surface area contributed by atoms with Crippen molar-refractivity contribution < 1.29 is 0 Å². The average molecular weight is 354 g/mol. The van der Waals surface area contributed by atoms with Crippen molar-refractivity contribution in [1.82, 2.24) is 4.98 Å². The Balaban J connectivity index is 1.48. The van der Waals surface area contributed by atoms with Gasteiger partial charge >= 0.3 is 0 Å². The zero-order valence-electron chi connectivity index (χ0n) is 15.1. The number of pyridine rings is 1. The molecule has 3 rings (SSSR count). The third kappa shape index (κ3) is 5.44. The van der Waals surface area contributed by atoms with Crippen molar-refractivity contribution in [3.05, 3.63) is 65.3 Å². The van der Waals surface area contributed by atoms with E-state index in [1.807, 2.05) is 30.5 Å². The van der Waals surface area contributed by atoms with Gasteiger partial charge in [-0.25, -0.2) is 0 Å². The second-order valence-electron chi connectivity index (χ2n) is 7.21. The van der Waals surface area contributed by atoms with Crippen molar-refractivity contribution in [1.29, 1.82) is 0 Å². The van der Waals surface area contributed by atoms with Crippen molar-refractivity contribution in [3.8, 4) is 11.3 Å². The molecule has 1 saturated carbocycles. The first-order valence-corrected chi connectivity index (χ1v) is 10.00. The van der Waals surface area contributed by atoms with Crippen LogP contribution in [0.5, 0.6) is 0 Å². The lowest BCUT2D eigenvalue weighted by atomic mass is 9.79. The SMILES string of the molecule is CC/C=C/C1CCC(CCc2ccc(-c3ccc(Cl)cc3)nc2)CC1. The van der Waals surface area contributed by atoms with Crippen molar-refractivity contribution in [2.45, 2.75) is 51.9 Å². The summed E-state index contributed by atoms with van der Waals surface area (Å²) in [6.07, 6.45) is 15.9. The van der Waals surface area contributed by atoms with E-state index in [9.17, 15) is 0 Å². The first-order chi connectivity index (χ1) is 12.2. The highest BCUT2D eigenvalue weighted by atomic mass is 35.5. The third-order valence-electron chi connectivity index (χ3n) is 5.34. The van der Waals surface area contributed by atoms with E-state index in [1.54, 1.807) is 0 Å². The van der Waals surface area contributed by atoms with Crippen LogP contribution in [-0.2, 0) is 6.42 Å². The van der Waals surface area contributed by atoms with E-state index in [2.05, 4.69) is 36.2 Å². The van der Waals surface area contributed by atoms with Crippen LogP contribution in [0.4, 0.5) is 0 Å². The van der Waals surface area contributed by atoms with Gasteiger partial charge in [0.25, 0.3) is 0 Å². The predicted molar refractivity (Wildman–Crippen MR) is 108 cm³/mol. The molecule has 1 aromatic heterocycles. The van der Waals surface area contributed by atoms with Gasteiger partial charge in [0.2, 0.25) is 0 Å². The molecule has 0 saturated heterocycles. The normalized spacial score (nSPS) is 20.9. The van der Waals surface area contributed by atoms with Crippen molar-refractivity contribution in [2.75, 3.05) is 0 Å².